The summed E-state index contributed by atoms with van der Waals surface area (Å²) >= 11 is 1.72. The molecule has 0 aliphatic carbocycles. The highest BCUT2D eigenvalue weighted by molar-refractivity contribution is 7.10. The quantitative estimate of drug-likeness (QED) is 0.840. The van der Waals surface area contributed by atoms with Gasteiger partial charge in [-0.15, -0.1) is 11.3 Å². The van der Waals surface area contributed by atoms with Gasteiger partial charge in [-0.25, -0.2) is 9.18 Å². The van der Waals surface area contributed by atoms with Crippen molar-refractivity contribution in [3.8, 4) is 0 Å². The first-order valence-electron chi connectivity index (χ1n) is 8.26. The van der Waals surface area contributed by atoms with Gasteiger partial charge in [0, 0.05) is 23.5 Å². The number of benzene rings is 1. The molecule has 6 heteroatoms. The Balaban J connectivity index is 1.52. The van der Waals surface area contributed by atoms with Gasteiger partial charge in [-0.05, 0) is 43.4 Å². The third-order valence-corrected chi connectivity index (χ3v) is 5.28. The molecular formula is C18H22FN3OS. The molecule has 3 rings (SSSR count). The smallest absolute Gasteiger partial charge is 0.315 e. The van der Waals surface area contributed by atoms with Crippen molar-refractivity contribution in [2.45, 2.75) is 25.4 Å². The second-order valence-corrected chi connectivity index (χ2v) is 6.91. The molecule has 0 saturated carbocycles. The van der Waals surface area contributed by atoms with Crippen molar-refractivity contribution in [3.63, 3.8) is 0 Å². The number of nitrogens with zero attached hydrogens (tertiary/aromatic N) is 1. The third kappa shape index (κ3) is 4.33. The van der Waals surface area contributed by atoms with Gasteiger partial charge >= 0.3 is 6.03 Å². The summed E-state index contributed by atoms with van der Waals surface area (Å²) in [7, 11) is 0. The lowest BCUT2D eigenvalue weighted by molar-refractivity contribution is 0.222. The van der Waals surface area contributed by atoms with Gasteiger partial charge in [0.05, 0.1) is 6.04 Å². The Hall–Kier alpha value is -1.92. The number of likely N-dealkylation sites (tertiary alicyclic amines) is 1. The lowest BCUT2D eigenvalue weighted by Gasteiger charge is -2.27. The molecule has 1 aliphatic heterocycles. The molecule has 0 bridgehead atoms. The predicted molar refractivity (Wildman–Crippen MR) is 94.5 cm³/mol. The minimum absolute atomic E-state index is 0.186. The molecule has 1 aromatic carbocycles. The highest BCUT2D eigenvalue weighted by Gasteiger charge is 2.24. The summed E-state index contributed by atoms with van der Waals surface area (Å²) in [6.07, 6.45) is 2.42. The van der Waals surface area contributed by atoms with E-state index in [1.165, 1.54) is 23.8 Å². The average Bonchev–Trinajstić information content (AvgIpc) is 3.28. The maximum absolute atomic E-state index is 13.6. The number of carbonyl (C=O) groups excluding carboxylic acids is 1. The van der Waals surface area contributed by atoms with Gasteiger partial charge < -0.3 is 10.6 Å². The van der Waals surface area contributed by atoms with Gasteiger partial charge in [0.15, 0.2) is 0 Å². The fraction of sp³-hybridized carbons (Fsp3) is 0.389. The first kappa shape index (κ1) is 16.9. The highest BCUT2D eigenvalue weighted by Crippen LogP contribution is 2.27. The Bertz CT molecular complexity index is 656. The molecule has 0 radical (unpaired) electrons. The van der Waals surface area contributed by atoms with Crippen LogP contribution >= 0.6 is 11.3 Å². The maximum atomic E-state index is 13.6. The summed E-state index contributed by atoms with van der Waals surface area (Å²) in [5.41, 5.74) is 0.488. The van der Waals surface area contributed by atoms with Crippen molar-refractivity contribution in [1.82, 2.24) is 15.5 Å². The van der Waals surface area contributed by atoms with E-state index in [1.807, 2.05) is 6.07 Å². The summed E-state index contributed by atoms with van der Waals surface area (Å²) in [6.45, 7) is 2.89. The summed E-state index contributed by atoms with van der Waals surface area (Å²) < 4.78 is 13.6. The van der Waals surface area contributed by atoms with Crippen molar-refractivity contribution in [2.24, 2.45) is 0 Å². The zero-order chi connectivity index (χ0) is 16.8. The number of amides is 2. The van der Waals surface area contributed by atoms with E-state index in [-0.39, 0.29) is 24.4 Å². The Morgan fingerprint density at radius 3 is 2.67 bits per heavy atom. The number of rotatable bonds is 6. The monoisotopic (exact) mass is 347 g/mol. The molecule has 24 heavy (non-hydrogen) atoms. The summed E-state index contributed by atoms with van der Waals surface area (Å²) in [5.74, 6) is -0.300. The second-order valence-electron chi connectivity index (χ2n) is 5.93. The molecule has 1 saturated heterocycles. The molecule has 1 aliphatic rings. The molecule has 128 valence electrons. The van der Waals surface area contributed by atoms with Crippen LogP contribution in [-0.2, 0) is 6.54 Å². The predicted octanol–water partition coefficient (Wildman–Crippen LogP) is 3.52. The molecule has 1 unspecified atom stereocenters. The van der Waals surface area contributed by atoms with E-state index in [2.05, 4.69) is 27.0 Å². The first-order chi connectivity index (χ1) is 11.7. The number of urea groups is 1. The molecule has 2 heterocycles. The molecule has 2 aromatic rings. The van der Waals surface area contributed by atoms with Crippen LogP contribution in [0.15, 0.2) is 41.8 Å². The van der Waals surface area contributed by atoms with Crippen LogP contribution < -0.4 is 10.6 Å². The summed E-state index contributed by atoms with van der Waals surface area (Å²) in [5, 5.41) is 7.72. The number of hydrogen-bond donors (Lipinski definition) is 2. The van der Waals surface area contributed by atoms with E-state index >= 15 is 0 Å². The topological polar surface area (TPSA) is 44.4 Å². The van der Waals surface area contributed by atoms with Crippen LogP contribution in [0.4, 0.5) is 9.18 Å². The van der Waals surface area contributed by atoms with Crippen LogP contribution in [0.3, 0.4) is 0 Å². The SMILES string of the molecule is O=C(NCc1ccccc1F)NCC(c1cccs1)N1CCCC1. The zero-order valence-electron chi connectivity index (χ0n) is 13.5. The van der Waals surface area contributed by atoms with Crippen molar-refractivity contribution >= 4 is 17.4 Å². The van der Waals surface area contributed by atoms with Gasteiger partial charge in [0.1, 0.15) is 5.82 Å². The Labute approximate surface area is 145 Å². The molecule has 1 fully saturated rings. The van der Waals surface area contributed by atoms with Gasteiger partial charge in [-0.1, -0.05) is 24.3 Å². The largest absolute Gasteiger partial charge is 0.336 e. The van der Waals surface area contributed by atoms with Crippen molar-refractivity contribution < 1.29 is 9.18 Å². The lowest BCUT2D eigenvalue weighted by atomic mass is 10.2. The van der Waals surface area contributed by atoms with E-state index in [4.69, 9.17) is 0 Å². The Morgan fingerprint density at radius 2 is 1.96 bits per heavy atom. The fourth-order valence-corrected chi connectivity index (χ4v) is 3.87. The Morgan fingerprint density at radius 1 is 1.17 bits per heavy atom. The van der Waals surface area contributed by atoms with E-state index in [1.54, 1.807) is 29.5 Å². The zero-order valence-corrected chi connectivity index (χ0v) is 14.3. The standard InChI is InChI=1S/C18H22FN3OS/c19-15-7-2-1-6-14(15)12-20-18(23)21-13-16(17-8-5-11-24-17)22-9-3-4-10-22/h1-2,5-8,11,16H,3-4,9-10,12-13H2,(H2,20,21,23). The van der Waals surface area contributed by atoms with Crippen LogP contribution in [0.25, 0.3) is 0 Å². The second kappa shape index (κ2) is 8.26. The van der Waals surface area contributed by atoms with Crippen LogP contribution in [0.5, 0.6) is 0 Å². The average molecular weight is 347 g/mol. The van der Waals surface area contributed by atoms with Gasteiger partial charge in [0.2, 0.25) is 0 Å². The van der Waals surface area contributed by atoms with E-state index in [0.29, 0.717) is 12.1 Å². The molecule has 1 aromatic heterocycles. The van der Waals surface area contributed by atoms with Crippen LogP contribution in [0.2, 0.25) is 0 Å². The Kier molecular flexibility index (Phi) is 5.82. The number of halogens is 1. The number of hydrogen-bond acceptors (Lipinski definition) is 3. The molecule has 4 nitrogen and oxygen atoms in total. The molecule has 2 N–H and O–H groups in total. The van der Waals surface area contributed by atoms with E-state index < -0.39 is 0 Å². The van der Waals surface area contributed by atoms with Gasteiger partial charge in [-0.3, -0.25) is 4.90 Å². The fourth-order valence-electron chi connectivity index (χ4n) is 3.01. The van der Waals surface area contributed by atoms with Gasteiger partial charge in [0.25, 0.3) is 0 Å². The molecule has 0 spiro atoms. The van der Waals surface area contributed by atoms with Crippen molar-refractivity contribution in [2.75, 3.05) is 19.6 Å². The van der Waals surface area contributed by atoms with Crippen LogP contribution in [0, 0.1) is 5.82 Å². The van der Waals surface area contributed by atoms with Gasteiger partial charge in [-0.2, -0.15) is 0 Å². The van der Waals surface area contributed by atoms with Crippen LogP contribution in [0.1, 0.15) is 29.3 Å². The van der Waals surface area contributed by atoms with Crippen molar-refractivity contribution in [3.05, 3.63) is 58.0 Å². The summed E-state index contributed by atoms with van der Waals surface area (Å²) in [4.78, 5) is 15.7. The number of nitrogens with one attached hydrogen (secondary N) is 2. The number of carbonyl (C=O) groups is 1. The highest BCUT2D eigenvalue weighted by atomic mass is 32.1. The number of thiophene rings is 1. The van der Waals surface area contributed by atoms with E-state index in [9.17, 15) is 9.18 Å². The molecule has 1 atom stereocenters. The third-order valence-electron chi connectivity index (χ3n) is 4.31. The minimum atomic E-state index is -0.300. The van der Waals surface area contributed by atoms with Crippen LogP contribution in [-0.4, -0.2) is 30.6 Å². The molecular weight excluding hydrogens is 325 g/mol. The maximum Gasteiger partial charge on any atom is 0.315 e. The summed E-state index contributed by atoms with van der Waals surface area (Å²) in [6, 6.07) is 10.6. The lowest BCUT2D eigenvalue weighted by Crippen LogP contribution is -2.41. The normalized spacial score (nSPS) is 16.0. The molecule has 2 amide bonds. The minimum Gasteiger partial charge on any atom is -0.336 e. The first-order valence-corrected chi connectivity index (χ1v) is 9.14. The van der Waals surface area contributed by atoms with Crippen molar-refractivity contribution in [1.29, 1.82) is 0 Å². The van der Waals surface area contributed by atoms with E-state index in [0.717, 1.165) is 13.1 Å².